The molecule has 0 spiro atoms. The molecule has 4 heteroatoms. The maximum atomic E-state index is 11.0. The number of fused-ring (bicyclic) bond motifs is 1. The van der Waals surface area contributed by atoms with Crippen LogP contribution in [0.2, 0.25) is 5.02 Å². The van der Waals surface area contributed by atoms with Gasteiger partial charge in [-0.3, -0.25) is 0 Å². The normalized spacial score (nSPS) is 20.0. The Bertz CT molecular complexity index is 629. The van der Waals surface area contributed by atoms with Crippen molar-refractivity contribution in [1.82, 2.24) is 4.90 Å². The lowest BCUT2D eigenvalue weighted by Crippen LogP contribution is -2.50. The third-order valence-corrected chi connectivity index (χ3v) is 5.20. The zero-order chi connectivity index (χ0) is 15.0. The van der Waals surface area contributed by atoms with Gasteiger partial charge in [0.05, 0.1) is 10.6 Å². The summed E-state index contributed by atoms with van der Waals surface area (Å²) in [6.07, 6.45) is 4.90. The third kappa shape index (κ3) is 2.48. The zero-order valence-corrected chi connectivity index (χ0v) is 13.4. The van der Waals surface area contributed by atoms with Crippen LogP contribution in [-0.4, -0.2) is 29.6 Å². The van der Waals surface area contributed by atoms with Gasteiger partial charge < -0.3 is 14.4 Å². The van der Waals surface area contributed by atoms with Crippen molar-refractivity contribution in [1.29, 1.82) is 0 Å². The molecule has 114 valence electrons. The number of hydrogen-bond acceptors (Lipinski definition) is 3. The van der Waals surface area contributed by atoms with Gasteiger partial charge in [0.15, 0.2) is 5.58 Å². The fraction of sp³-hybridized carbons (Fsp3) is 0.529. The van der Waals surface area contributed by atoms with Crippen LogP contribution in [-0.2, 0) is 0 Å². The summed E-state index contributed by atoms with van der Waals surface area (Å²) in [5.74, 6) is 0.619. The molecular formula is C17H22ClNO2. The molecule has 0 radical (unpaired) electrons. The van der Waals surface area contributed by atoms with Gasteiger partial charge in [0, 0.05) is 5.39 Å². The fourth-order valence-electron chi connectivity index (χ4n) is 3.58. The van der Waals surface area contributed by atoms with Crippen LogP contribution >= 0.6 is 11.6 Å². The molecule has 1 aliphatic carbocycles. The van der Waals surface area contributed by atoms with Crippen LogP contribution in [0, 0.1) is 0 Å². The minimum absolute atomic E-state index is 0.237. The van der Waals surface area contributed by atoms with Gasteiger partial charge in [-0.25, -0.2) is 0 Å². The Labute approximate surface area is 130 Å². The molecule has 21 heavy (non-hydrogen) atoms. The monoisotopic (exact) mass is 307 g/mol. The number of benzene rings is 1. The number of hydrogen-bond donors (Lipinski definition) is 1. The van der Waals surface area contributed by atoms with Crippen LogP contribution in [0.1, 0.15) is 44.0 Å². The van der Waals surface area contributed by atoms with Crippen LogP contribution in [0.5, 0.6) is 0 Å². The topological polar surface area (TPSA) is 36.6 Å². The molecule has 0 amide bonds. The molecule has 1 fully saturated rings. The Hall–Kier alpha value is -1.03. The zero-order valence-electron chi connectivity index (χ0n) is 12.6. The lowest BCUT2D eigenvalue weighted by atomic mass is 9.76. The Kier molecular flexibility index (Phi) is 4.00. The molecule has 1 N–H and O–H groups in total. The van der Waals surface area contributed by atoms with Crippen LogP contribution in [0.3, 0.4) is 0 Å². The molecule has 1 heterocycles. The summed E-state index contributed by atoms with van der Waals surface area (Å²) in [6.45, 7) is 0. The first-order valence-electron chi connectivity index (χ1n) is 7.58. The number of nitrogens with zero attached hydrogens (tertiary/aromatic N) is 1. The van der Waals surface area contributed by atoms with Crippen LogP contribution in [0.15, 0.2) is 28.7 Å². The van der Waals surface area contributed by atoms with E-state index in [9.17, 15) is 5.11 Å². The number of halogens is 1. The molecule has 1 aromatic carbocycles. The predicted octanol–water partition coefficient (Wildman–Crippen LogP) is 4.38. The number of para-hydroxylation sites is 1. The largest absolute Gasteiger partial charge is 0.457 e. The van der Waals surface area contributed by atoms with Gasteiger partial charge in [-0.1, -0.05) is 43.0 Å². The second-order valence-electron chi connectivity index (χ2n) is 6.27. The third-order valence-electron chi connectivity index (χ3n) is 4.90. The van der Waals surface area contributed by atoms with Crippen molar-refractivity contribution in [3.63, 3.8) is 0 Å². The van der Waals surface area contributed by atoms with Crippen LogP contribution < -0.4 is 0 Å². The Morgan fingerprint density at radius 2 is 1.95 bits per heavy atom. The van der Waals surface area contributed by atoms with Crippen molar-refractivity contribution >= 4 is 22.6 Å². The Morgan fingerprint density at radius 1 is 1.24 bits per heavy atom. The molecule has 0 aliphatic heterocycles. The van der Waals surface area contributed by atoms with E-state index in [4.69, 9.17) is 16.0 Å². The van der Waals surface area contributed by atoms with Crippen LogP contribution in [0.4, 0.5) is 0 Å². The minimum Gasteiger partial charge on any atom is -0.457 e. The maximum absolute atomic E-state index is 11.0. The summed E-state index contributed by atoms with van der Waals surface area (Å²) in [5, 5.41) is 12.5. The highest BCUT2D eigenvalue weighted by atomic mass is 35.5. The van der Waals surface area contributed by atoms with E-state index in [2.05, 4.69) is 4.90 Å². The number of aliphatic hydroxyl groups excluding tert-OH is 1. The SMILES string of the molecule is CN(C)C1(C(O)c2cc3cccc(Cl)c3o2)CCCCC1. The van der Waals surface area contributed by atoms with E-state index in [0.29, 0.717) is 16.4 Å². The number of furan rings is 1. The lowest BCUT2D eigenvalue weighted by molar-refractivity contribution is -0.0433. The second-order valence-corrected chi connectivity index (χ2v) is 6.68. The second kappa shape index (κ2) is 5.64. The van der Waals surface area contributed by atoms with E-state index in [-0.39, 0.29) is 5.54 Å². The Morgan fingerprint density at radius 3 is 2.57 bits per heavy atom. The summed E-state index contributed by atoms with van der Waals surface area (Å²) >= 11 is 6.17. The number of aliphatic hydroxyl groups is 1. The van der Waals surface area contributed by atoms with E-state index < -0.39 is 6.10 Å². The van der Waals surface area contributed by atoms with Crippen molar-refractivity contribution in [2.45, 2.75) is 43.7 Å². The molecule has 1 unspecified atom stereocenters. The van der Waals surface area contributed by atoms with E-state index in [0.717, 1.165) is 31.1 Å². The first-order chi connectivity index (χ1) is 10.0. The summed E-state index contributed by atoms with van der Waals surface area (Å²) in [5.41, 5.74) is 0.427. The standard InChI is InChI=1S/C17H22ClNO2/c1-19(2)17(9-4-3-5-10-17)16(20)14-11-12-7-6-8-13(18)15(12)21-14/h6-8,11,16,20H,3-5,9-10H2,1-2H3. The molecule has 1 atom stereocenters. The lowest BCUT2D eigenvalue weighted by Gasteiger charge is -2.45. The quantitative estimate of drug-likeness (QED) is 0.914. The molecule has 1 saturated carbocycles. The van der Waals surface area contributed by atoms with Gasteiger partial charge in [-0.15, -0.1) is 0 Å². The highest BCUT2D eigenvalue weighted by Gasteiger charge is 2.43. The van der Waals surface area contributed by atoms with Gasteiger partial charge >= 0.3 is 0 Å². The molecule has 1 aromatic heterocycles. The number of likely N-dealkylation sites (N-methyl/N-ethyl adjacent to an activating group) is 1. The molecule has 1 aliphatic rings. The van der Waals surface area contributed by atoms with E-state index >= 15 is 0 Å². The van der Waals surface area contributed by atoms with E-state index in [1.54, 1.807) is 0 Å². The number of rotatable bonds is 3. The molecule has 0 saturated heterocycles. The smallest absolute Gasteiger partial charge is 0.152 e. The van der Waals surface area contributed by atoms with Gasteiger partial charge in [0.25, 0.3) is 0 Å². The van der Waals surface area contributed by atoms with Crippen molar-refractivity contribution in [3.05, 3.63) is 35.0 Å². The van der Waals surface area contributed by atoms with E-state index in [1.807, 2.05) is 38.4 Å². The van der Waals surface area contributed by atoms with Gasteiger partial charge in [0.2, 0.25) is 0 Å². The summed E-state index contributed by atoms with van der Waals surface area (Å²) in [7, 11) is 4.09. The molecule has 0 bridgehead atoms. The molecule has 3 rings (SSSR count). The summed E-state index contributed by atoms with van der Waals surface area (Å²) < 4.78 is 5.88. The Balaban J connectivity index is 2.01. The van der Waals surface area contributed by atoms with Gasteiger partial charge in [-0.2, -0.15) is 0 Å². The van der Waals surface area contributed by atoms with E-state index in [1.165, 1.54) is 6.42 Å². The highest BCUT2D eigenvalue weighted by Crippen LogP contribution is 2.43. The molecule has 2 aromatic rings. The maximum Gasteiger partial charge on any atom is 0.152 e. The van der Waals surface area contributed by atoms with Crippen molar-refractivity contribution in [2.75, 3.05) is 14.1 Å². The summed E-state index contributed by atoms with van der Waals surface area (Å²) in [4.78, 5) is 2.16. The van der Waals surface area contributed by atoms with Gasteiger partial charge in [-0.05, 0) is 39.1 Å². The molecular weight excluding hydrogens is 286 g/mol. The van der Waals surface area contributed by atoms with Gasteiger partial charge in [0.1, 0.15) is 11.9 Å². The predicted molar refractivity (Wildman–Crippen MR) is 85.7 cm³/mol. The minimum atomic E-state index is -0.628. The fourth-order valence-corrected chi connectivity index (χ4v) is 3.80. The molecule has 3 nitrogen and oxygen atoms in total. The average molecular weight is 308 g/mol. The first kappa shape index (κ1) is 14.9. The highest BCUT2D eigenvalue weighted by molar-refractivity contribution is 6.34. The van der Waals surface area contributed by atoms with Crippen LogP contribution in [0.25, 0.3) is 11.0 Å². The van der Waals surface area contributed by atoms with Crippen molar-refractivity contribution < 1.29 is 9.52 Å². The average Bonchev–Trinajstić information content (AvgIpc) is 2.92. The van der Waals surface area contributed by atoms with Crippen molar-refractivity contribution in [3.8, 4) is 0 Å². The first-order valence-corrected chi connectivity index (χ1v) is 7.96. The summed E-state index contributed by atoms with van der Waals surface area (Å²) in [6, 6.07) is 7.60. The van der Waals surface area contributed by atoms with Crippen molar-refractivity contribution in [2.24, 2.45) is 0 Å².